The molecule has 0 aliphatic heterocycles. The van der Waals surface area contributed by atoms with Gasteiger partial charge in [0.05, 0.1) is 18.6 Å². The second kappa shape index (κ2) is 9.19. The first-order valence-electron chi connectivity index (χ1n) is 10.1. The van der Waals surface area contributed by atoms with Gasteiger partial charge in [0.15, 0.2) is 4.77 Å². The molecule has 0 aliphatic carbocycles. The quantitative estimate of drug-likeness (QED) is 0.400. The highest BCUT2D eigenvalue weighted by atomic mass is 32.1. The molecule has 0 fully saturated rings. The van der Waals surface area contributed by atoms with E-state index in [0.717, 1.165) is 41.4 Å². The van der Waals surface area contributed by atoms with Crippen molar-refractivity contribution >= 4 is 12.2 Å². The van der Waals surface area contributed by atoms with Gasteiger partial charge in [-0.3, -0.25) is 4.90 Å². The van der Waals surface area contributed by atoms with E-state index in [-0.39, 0.29) is 0 Å². The van der Waals surface area contributed by atoms with Gasteiger partial charge in [-0.05, 0) is 43.9 Å². The van der Waals surface area contributed by atoms with Crippen molar-refractivity contribution in [2.75, 3.05) is 7.05 Å². The van der Waals surface area contributed by atoms with Crippen LogP contribution in [0.2, 0.25) is 0 Å². The summed E-state index contributed by atoms with van der Waals surface area (Å²) in [6.45, 7) is 4.32. The second-order valence-corrected chi connectivity index (χ2v) is 7.75. The Balaban J connectivity index is 1.46. The van der Waals surface area contributed by atoms with E-state index in [1.807, 2.05) is 52.0 Å². The Labute approximate surface area is 182 Å². The van der Waals surface area contributed by atoms with Gasteiger partial charge in [0.25, 0.3) is 0 Å². The first-order chi connectivity index (χ1) is 14.6. The molecule has 2 aromatic heterocycles. The van der Waals surface area contributed by atoms with Crippen LogP contribution >= 0.6 is 12.2 Å². The van der Waals surface area contributed by atoms with E-state index < -0.39 is 0 Å². The molecule has 2 aromatic carbocycles. The molecule has 7 heteroatoms. The van der Waals surface area contributed by atoms with Crippen molar-refractivity contribution in [3.63, 3.8) is 0 Å². The van der Waals surface area contributed by atoms with E-state index in [9.17, 15) is 0 Å². The summed E-state index contributed by atoms with van der Waals surface area (Å²) < 4.78 is 6.69. The Kier molecular flexibility index (Phi) is 6.21. The maximum absolute atomic E-state index is 5.70. The zero-order valence-corrected chi connectivity index (χ0v) is 18.2. The van der Waals surface area contributed by atoms with Gasteiger partial charge in [-0.1, -0.05) is 48.5 Å². The highest BCUT2D eigenvalue weighted by Gasteiger charge is 2.12. The van der Waals surface area contributed by atoms with Crippen LogP contribution in [0.15, 0.2) is 73.1 Å². The minimum Gasteiger partial charge on any atom is -0.304 e. The third-order valence-electron chi connectivity index (χ3n) is 5.01. The van der Waals surface area contributed by atoms with Gasteiger partial charge >= 0.3 is 0 Å². The molecular formula is C23H26N6S. The fourth-order valence-corrected chi connectivity index (χ4v) is 3.89. The summed E-state index contributed by atoms with van der Waals surface area (Å²) in [5.41, 5.74) is 3.44. The minimum absolute atomic E-state index is 0.629. The Hall–Kier alpha value is -3.03. The summed E-state index contributed by atoms with van der Waals surface area (Å²) in [6.07, 6.45) is 4.75. The molecule has 0 unspecified atom stereocenters. The average Bonchev–Trinajstić information content (AvgIpc) is 3.34. The van der Waals surface area contributed by atoms with Crippen LogP contribution in [-0.4, -0.2) is 36.1 Å². The Morgan fingerprint density at radius 1 is 0.967 bits per heavy atom. The van der Waals surface area contributed by atoms with Gasteiger partial charge in [0.1, 0.15) is 5.82 Å². The third kappa shape index (κ3) is 4.58. The highest BCUT2D eigenvalue weighted by molar-refractivity contribution is 7.71. The summed E-state index contributed by atoms with van der Waals surface area (Å²) in [5, 5.41) is 9.31. The molecule has 4 aromatic rings. The number of aromatic nitrogens is 5. The van der Waals surface area contributed by atoms with Crippen LogP contribution in [0.4, 0.5) is 0 Å². The van der Waals surface area contributed by atoms with Crippen LogP contribution < -0.4 is 0 Å². The molecule has 154 valence electrons. The topological polar surface area (TPSA) is 43.8 Å². The molecule has 0 spiro atoms. The molecule has 2 heterocycles. The van der Waals surface area contributed by atoms with Crippen LogP contribution in [0.25, 0.3) is 5.69 Å². The van der Waals surface area contributed by atoms with Gasteiger partial charge in [0.2, 0.25) is 0 Å². The van der Waals surface area contributed by atoms with Crippen molar-refractivity contribution in [2.24, 2.45) is 0 Å². The van der Waals surface area contributed by atoms with E-state index >= 15 is 0 Å². The predicted molar refractivity (Wildman–Crippen MR) is 121 cm³/mol. The molecule has 0 saturated heterocycles. The maximum Gasteiger partial charge on any atom is 0.199 e. The zero-order chi connectivity index (χ0) is 20.9. The maximum atomic E-state index is 5.70. The van der Waals surface area contributed by atoms with Crippen LogP contribution in [0.3, 0.4) is 0 Å². The summed E-state index contributed by atoms with van der Waals surface area (Å²) in [7, 11) is 2.07. The van der Waals surface area contributed by atoms with Crippen LogP contribution in [0, 0.1) is 4.77 Å². The molecule has 0 N–H and O–H groups in total. The zero-order valence-electron chi connectivity index (χ0n) is 17.3. The molecule has 0 radical (unpaired) electrons. The highest BCUT2D eigenvalue weighted by Crippen LogP contribution is 2.12. The predicted octanol–water partition coefficient (Wildman–Crippen LogP) is 4.30. The fraction of sp³-hybridized carbons (Fsp3) is 0.261. The van der Waals surface area contributed by atoms with Crippen LogP contribution in [0.1, 0.15) is 23.9 Å². The number of nitrogens with zero attached hydrogens (tertiary/aromatic N) is 6. The lowest BCUT2D eigenvalue weighted by Crippen LogP contribution is -2.22. The Morgan fingerprint density at radius 3 is 2.37 bits per heavy atom. The van der Waals surface area contributed by atoms with E-state index in [2.05, 4.69) is 59.0 Å². The van der Waals surface area contributed by atoms with Crippen molar-refractivity contribution < 1.29 is 0 Å². The van der Waals surface area contributed by atoms with Gasteiger partial charge in [0, 0.05) is 31.3 Å². The number of benzene rings is 2. The van der Waals surface area contributed by atoms with E-state index in [1.54, 1.807) is 0 Å². The largest absolute Gasteiger partial charge is 0.304 e. The molecule has 0 aliphatic rings. The van der Waals surface area contributed by atoms with E-state index in [1.165, 1.54) is 5.56 Å². The molecular weight excluding hydrogens is 392 g/mol. The van der Waals surface area contributed by atoms with Crippen LogP contribution in [-0.2, 0) is 26.2 Å². The van der Waals surface area contributed by atoms with Crippen molar-refractivity contribution in [3.05, 3.63) is 94.8 Å². The van der Waals surface area contributed by atoms with E-state index in [0.29, 0.717) is 6.67 Å². The summed E-state index contributed by atoms with van der Waals surface area (Å²) >= 11 is 5.70. The van der Waals surface area contributed by atoms with Crippen molar-refractivity contribution in [1.82, 2.24) is 29.0 Å². The van der Waals surface area contributed by atoms with Crippen molar-refractivity contribution in [2.45, 2.75) is 33.1 Å². The standard InChI is InChI=1S/C23H26N6S/c1-3-27-22(14-19-10-6-4-7-11-19)25-29(23(27)30)18-26(2)16-20-15-24-28(17-20)21-12-8-5-9-13-21/h4-13,15,17H,3,14,16,18H2,1-2H3. The average molecular weight is 419 g/mol. The molecule has 0 amide bonds. The monoisotopic (exact) mass is 418 g/mol. The SMILES string of the molecule is CCn1c(Cc2ccccc2)nn(CN(C)Cc2cnn(-c3ccccc3)c2)c1=S. The third-order valence-corrected chi connectivity index (χ3v) is 5.44. The number of para-hydroxylation sites is 1. The number of hydrogen-bond donors (Lipinski definition) is 0. The smallest absolute Gasteiger partial charge is 0.199 e. The summed E-state index contributed by atoms with van der Waals surface area (Å²) in [5.74, 6) is 0.999. The lowest BCUT2D eigenvalue weighted by molar-refractivity contribution is 0.243. The summed E-state index contributed by atoms with van der Waals surface area (Å²) in [4.78, 5) is 2.20. The lowest BCUT2D eigenvalue weighted by Gasteiger charge is -2.15. The molecule has 0 atom stereocenters. The van der Waals surface area contributed by atoms with Crippen molar-refractivity contribution in [1.29, 1.82) is 0 Å². The Bertz CT molecular complexity index is 1140. The molecule has 0 bridgehead atoms. The first-order valence-corrected chi connectivity index (χ1v) is 10.5. The fourth-order valence-electron chi connectivity index (χ4n) is 3.56. The van der Waals surface area contributed by atoms with Gasteiger partial charge in [-0.2, -0.15) is 10.2 Å². The van der Waals surface area contributed by atoms with Crippen molar-refractivity contribution in [3.8, 4) is 5.69 Å². The van der Waals surface area contributed by atoms with E-state index in [4.69, 9.17) is 17.3 Å². The number of hydrogen-bond acceptors (Lipinski definition) is 4. The Morgan fingerprint density at radius 2 is 1.67 bits per heavy atom. The van der Waals surface area contributed by atoms with Gasteiger partial charge in [-0.15, -0.1) is 0 Å². The lowest BCUT2D eigenvalue weighted by atomic mass is 10.1. The summed E-state index contributed by atoms with van der Waals surface area (Å²) in [6, 6.07) is 20.5. The second-order valence-electron chi connectivity index (χ2n) is 7.39. The minimum atomic E-state index is 0.629. The molecule has 4 rings (SSSR count). The van der Waals surface area contributed by atoms with Crippen LogP contribution in [0.5, 0.6) is 0 Å². The van der Waals surface area contributed by atoms with Gasteiger partial charge in [-0.25, -0.2) is 9.36 Å². The number of rotatable bonds is 8. The first kappa shape index (κ1) is 20.3. The molecule has 6 nitrogen and oxygen atoms in total. The van der Waals surface area contributed by atoms with Gasteiger partial charge < -0.3 is 4.57 Å². The molecule has 30 heavy (non-hydrogen) atoms. The normalized spacial score (nSPS) is 11.3. The molecule has 0 saturated carbocycles.